The smallest absolute Gasteiger partial charge is 0.0801 e. The molecule has 0 aliphatic carbocycles. The van der Waals surface area contributed by atoms with Crippen molar-refractivity contribution in [3.05, 3.63) is 24.0 Å². The molecule has 0 radical (unpaired) electrons. The molecule has 0 N–H and O–H groups in total. The Morgan fingerprint density at radius 2 is 2.38 bits per heavy atom. The highest BCUT2D eigenvalue weighted by Gasteiger charge is 2.28. The summed E-state index contributed by atoms with van der Waals surface area (Å²) in [4.78, 5) is 6.47. The molecule has 0 bridgehead atoms. The fourth-order valence-electron chi connectivity index (χ4n) is 2.03. The van der Waals surface area contributed by atoms with Crippen LogP contribution in [0, 0.1) is 0 Å². The second kappa shape index (κ2) is 4.60. The van der Waals surface area contributed by atoms with Crippen LogP contribution in [0.4, 0.5) is 5.69 Å². The van der Waals surface area contributed by atoms with E-state index >= 15 is 0 Å². The third kappa shape index (κ3) is 2.47. The summed E-state index contributed by atoms with van der Waals surface area (Å²) >= 11 is 5.94. The average molecular weight is 241 g/mol. The molecule has 2 rings (SSSR count). The Kier molecular flexibility index (Phi) is 3.36. The van der Waals surface area contributed by atoms with Gasteiger partial charge in [0.25, 0.3) is 0 Å². The number of pyridine rings is 1. The molecule has 3 nitrogen and oxygen atoms in total. The maximum atomic E-state index is 5.94. The lowest BCUT2D eigenvalue weighted by Gasteiger charge is -2.39. The standard InChI is InChI=1S/C12H17ClN2O/c1-12(2)9-15(5-6-16-12)11-8-14-4-3-10(11)7-13/h3-4,8H,5-7,9H2,1-2H3. The van der Waals surface area contributed by atoms with Crippen LogP contribution in [0.3, 0.4) is 0 Å². The van der Waals surface area contributed by atoms with E-state index in [9.17, 15) is 0 Å². The molecule has 1 aliphatic heterocycles. The van der Waals surface area contributed by atoms with Crippen LogP contribution in [-0.4, -0.2) is 30.3 Å². The first kappa shape index (κ1) is 11.7. The maximum absolute atomic E-state index is 5.94. The van der Waals surface area contributed by atoms with Crippen molar-refractivity contribution >= 4 is 17.3 Å². The zero-order valence-electron chi connectivity index (χ0n) is 9.74. The lowest BCUT2D eigenvalue weighted by molar-refractivity contribution is -0.0277. The zero-order chi connectivity index (χ0) is 11.6. The van der Waals surface area contributed by atoms with Gasteiger partial charge in [-0.15, -0.1) is 11.6 Å². The number of aromatic nitrogens is 1. The normalized spacial score (nSPS) is 19.8. The molecule has 0 aromatic carbocycles. The molecule has 0 unspecified atom stereocenters. The fraction of sp³-hybridized carbons (Fsp3) is 0.583. The first-order valence-corrected chi connectivity index (χ1v) is 6.03. The Labute approximate surface area is 101 Å². The minimum atomic E-state index is -0.0995. The van der Waals surface area contributed by atoms with Crippen LogP contribution in [0.15, 0.2) is 18.5 Å². The Balaban J connectivity index is 2.23. The number of halogens is 1. The van der Waals surface area contributed by atoms with Gasteiger partial charge in [0.05, 0.1) is 24.1 Å². The predicted molar refractivity (Wildman–Crippen MR) is 66.0 cm³/mol. The molecule has 2 heterocycles. The van der Waals surface area contributed by atoms with Gasteiger partial charge < -0.3 is 9.64 Å². The van der Waals surface area contributed by atoms with Crippen molar-refractivity contribution in [1.29, 1.82) is 0 Å². The van der Waals surface area contributed by atoms with Crippen molar-refractivity contribution in [1.82, 2.24) is 4.98 Å². The summed E-state index contributed by atoms with van der Waals surface area (Å²) < 4.78 is 5.70. The Hall–Kier alpha value is -0.800. The average Bonchev–Trinajstić information content (AvgIpc) is 2.27. The van der Waals surface area contributed by atoms with Gasteiger partial charge >= 0.3 is 0 Å². The van der Waals surface area contributed by atoms with Gasteiger partial charge in [-0.2, -0.15) is 0 Å². The summed E-state index contributed by atoms with van der Waals surface area (Å²) in [6, 6.07) is 1.98. The molecule has 1 aromatic heterocycles. The van der Waals surface area contributed by atoms with Crippen molar-refractivity contribution in [2.24, 2.45) is 0 Å². The predicted octanol–water partition coefficient (Wildman–Crippen LogP) is 2.44. The molecule has 0 spiro atoms. The molecule has 16 heavy (non-hydrogen) atoms. The fourth-order valence-corrected chi connectivity index (χ4v) is 2.26. The molecule has 1 fully saturated rings. The van der Waals surface area contributed by atoms with Gasteiger partial charge in [-0.05, 0) is 25.5 Å². The van der Waals surface area contributed by atoms with E-state index in [0.29, 0.717) is 5.88 Å². The monoisotopic (exact) mass is 240 g/mol. The SMILES string of the molecule is CC1(C)CN(c2cnccc2CCl)CCO1. The van der Waals surface area contributed by atoms with E-state index in [1.807, 2.05) is 12.3 Å². The number of hydrogen-bond donors (Lipinski definition) is 0. The second-order valence-corrected chi connectivity index (χ2v) is 4.93. The first-order valence-electron chi connectivity index (χ1n) is 5.50. The van der Waals surface area contributed by atoms with Gasteiger partial charge in [0.15, 0.2) is 0 Å². The number of morpholine rings is 1. The van der Waals surface area contributed by atoms with Crippen molar-refractivity contribution in [3.8, 4) is 0 Å². The van der Waals surface area contributed by atoms with Gasteiger partial charge in [-0.3, -0.25) is 4.98 Å². The van der Waals surface area contributed by atoms with Crippen LogP contribution in [0.5, 0.6) is 0 Å². The molecule has 0 saturated carbocycles. The Morgan fingerprint density at radius 3 is 3.06 bits per heavy atom. The molecule has 0 amide bonds. The highest BCUT2D eigenvalue weighted by Crippen LogP contribution is 2.26. The van der Waals surface area contributed by atoms with Crippen LogP contribution in [0.25, 0.3) is 0 Å². The number of nitrogens with zero attached hydrogens (tertiary/aromatic N) is 2. The van der Waals surface area contributed by atoms with Crippen molar-refractivity contribution in [3.63, 3.8) is 0 Å². The van der Waals surface area contributed by atoms with Crippen LogP contribution >= 0.6 is 11.6 Å². The van der Waals surface area contributed by atoms with Gasteiger partial charge in [0.1, 0.15) is 0 Å². The van der Waals surface area contributed by atoms with Gasteiger partial charge in [0, 0.05) is 25.2 Å². The van der Waals surface area contributed by atoms with Gasteiger partial charge in [0.2, 0.25) is 0 Å². The second-order valence-electron chi connectivity index (χ2n) is 4.67. The van der Waals surface area contributed by atoms with E-state index in [0.717, 1.165) is 30.9 Å². The van der Waals surface area contributed by atoms with E-state index in [2.05, 4.69) is 23.7 Å². The first-order chi connectivity index (χ1) is 7.62. The van der Waals surface area contributed by atoms with E-state index < -0.39 is 0 Å². The lowest BCUT2D eigenvalue weighted by atomic mass is 10.1. The third-order valence-electron chi connectivity index (χ3n) is 2.80. The highest BCUT2D eigenvalue weighted by atomic mass is 35.5. The molecule has 0 atom stereocenters. The molecule has 1 aromatic rings. The number of alkyl halides is 1. The van der Waals surface area contributed by atoms with E-state index in [-0.39, 0.29) is 5.60 Å². The lowest BCUT2D eigenvalue weighted by Crippen LogP contribution is -2.48. The van der Waals surface area contributed by atoms with Crippen molar-refractivity contribution < 1.29 is 4.74 Å². The Morgan fingerprint density at radius 1 is 1.56 bits per heavy atom. The van der Waals surface area contributed by atoms with Crippen LogP contribution in [0.2, 0.25) is 0 Å². The van der Waals surface area contributed by atoms with Gasteiger partial charge in [-0.1, -0.05) is 0 Å². The van der Waals surface area contributed by atoms with Crippen molar-refractivity contribution in [2.75, 3.05) is 24.6 Å². The summed E-state index contributed by atoms with van der Waals surface area (Å²) in [5.74, 6) is 0.523. The maximum Gasteiger partial charge on any atom is 0.0801 e. The molecule has 1 saturated heterocycles. The number of anilines is 1. The quantitative estimate of drug-likeness (QED) is 0.743. The summed E-state index contributed by atoms with van der Waals surface area (Å²) in [6.07, 6.45) is 3.67. The molecule has 1 aliphatic rings. The molecule has 88 valence electrons. The molecular formula is C12H17ClN2O. The number of rotatable bonds is 2. The largest absolute Gasteiger partial charge is 0.372 e. The van der Waals surface area contributed by atoms with Crippen LogP contribution in [-0.2, 0) is 10.6 Å². The van der Waals surface area contributed by atoms with E-state index in [4.69, 9.17) is 16.3 Å². The highest BCUT2D eigenvalue weighted by molar-refractivity contribution is 6.17. The van der Waals surface area contributed by atoms with E-state index in [1.54, 1.807) is 6.20 Å². The molecular weight excluding hydrogens is 224 g/mol. The summed E-state index contributed by atoms with van der Waals surface area (Å²) in [7, 11) is 0. The molecule has 4 heteroatoms. The Bertz CT molecular complexity index is 368. The number of ether oxygens (including phenoxy) is 1. The minimum absolute atomic E-state index is 0.0995. The summed E-state index contributed by atoms with van der Waals surface area (Å²) in [6.45, 7) is 6.75. The van der Waals surface area contributed by atoms with Crippen LogP contribution < -0.4 is 4.90 Å². The number of hydrogen-bond acceptors (Lipinski definition) is 3. The third-order valence-corrected chi connectivity index (χ3v) is 3.09. The van der Waals surface area contributed by atoms with Crippen molar-refractivity contribution in [2.45, 2.75) is 25.3 Å². The zero-order valence-corrected chi connectivity index (χ0v) is 10.5. The summed E-state index contributed by atoms with van der Waals surface area (Å²) in [5, 5.41) is 0. The van der Waals surface area contributed by atoms with Crippen LogP contribution in [0.1, 0.15) is 19.4 Å². The minimum Gasteiger partial charge on any atom is -0.372 e. The van der Waals surface area contributed by atoms with Gasteiger partial charge in [-0.25, -0.2) is 0 Å². The topological polar surface area (TPSA) is 25.4 Å². The summed E-state index contributed by atoms with van der Waals surface area (Å²) in [5.41, 5.74) is 2.17. The van der Waals surface area contributed by atoms with E-state index in [1.165, 1.54) is 0 Å².